The van der Waals surface area contributed by atoms with Crippen LogP contribution in [0.2, 0.25) is 0 Å². The van der Waals surface area contributed by atoms with E-state index in [4.69, 9.17) is 0 Å². The molecule has 0 amide bonds. The molecular weight excluding hydrogens is 464 g/mol. The summed E-state index contributed by atoms with van der Waals surface area (Å²) in [5, 5.41) is 3.40. The predicted octanol–water partition coefficient (Wildman–Crippen LogP) is 4.63. The number of pyridine rings is 1. The van der Waals surface area contributed by atoms with Gasteiger partial charge < -0.3 is 10.2 Å². The number of nitrogens with one attached hydrogen (secondary N) is 1. The number of fused-ring (bicyclic) bond motifs is 2. The summed E-state index contributed by atoms with van der Waals surface area (Å²) >= 11 is 0. The second-order valence-electron chi connectivity index (χ2n) is 10.0. The first-order valence-electron chi connectivity index (χ1n) is 12.0. The van der Waals surface area contributed by atoms with Crippen molar-refractivity contribution in [1.29, 1.82) is 0 Å². The third kappa shape index (κ3) is 4.26. The van der Waals surface area contributed by atoms with Gasteiger partial charge in [0.05, 0.1) is 5.69 Å². The first-order chi connectivity index (χ1) is 17.0. The first-order valence-corrected chi connectivity index (χ1v) is 12.0. The van der Waals surface area contributed by atoms with E-state index >= 15 is 0 Å². The Hall–Kier alpha value is -3.66. The lowest BCUT2D eigenvalue weighted by molar-refractivity contribution is 0.214. The predicted molar refractivity (Wildman–Crippen MR) is 135 cm³/mol. The molecule has 0 spiro atoms. The molecule has 0 radical (unpaired) electrons. The minimum absolute atomic E-state index is 0.214. The van der Waals surface area contributed by atoms with Crippen LogP contribution in [0.4, 0.5) is 20.4 Å². The molecule has 0 bridgehead atoms. The summed E-state index contributed by atoms with van der Waals surface area (Å²) in [7, 11) is 1.97. The van der Waals surface area contributed by atoms with Crippen molar-refractivity contribution >= 4 is 22.7 Å². The number of halogens is 2. The second-order valence-corrected chi connectivity index (χ2v) is 10.0. The smallest absolute Gasteiger partial charge is 0.278 e. The number of hydrogen-bond donors (Lipinski definition) is 1. The number of benzene rings is 1. The molecule has 0 fully saturated rings. The van der Waals surface area contributed by atoms with Gasteiger partial charge in [0.25, 0.3) is 5.56 Å². The van der Waals surface area contributed by atoms with Crippen LogP contribution in [0.1, 0.15) is 50.6 Å². The van der Waals surface area contributed by atoms with Gasteiger partial charge in [0.15, 0.2) is 11.5 Å². The monoisotopic (exact) mass is 493 g/mol. The molecule has 4 heterocycles. The van der Waals surface area contributed by atoms with Crippen molar-refractivity contribution in [2.75, 3.05) is 18.9 Å². The van der Waals surface area contributed by atoms with Crippen LogP contribution >= 0.6 is 0 Å². The molecule has 0 saturated carbocycles. The molecule has 8 nitrogen and oxygen atoms in total. The number of aromatic nitrogens is 5. The van der Waals surface area contributed by atoms with Crippen molar-refractivity contribution in [1.82, 2.24) is 29.2 Å². The fraction of sp³-hybridized carbons (Fsp3) is 0.385. The Morgan fingerprint density at radius 3 is 2.67 bits per heavy atom. The van der Waals surface area contributed by atoms with Gasteiger partial charge in [-0.1, -0.05) is 6.07 Å². The molecule has 0 unspecified atom stereocenters. The van der Waals surface area contributed by atoms with Crippen LogP contribution in [0, 0.1) is 5.82 Å². The zero-order valence-electron chi connectivity index (χ0n) is 21.0. The topological polar surface area (TPSA) is 80.9 Å². The van der Waals surface area contributed by atoms with E-state index in [-0.39, 0.29) is 29.1 Å². The van der Waals surface area contributed by atoms with E-state index in [1.54, 1.807) is 22.9 Å². The normalized spacial score (nSPS) is 14.4. The fourth-order valence-electron chi connectivity index (χ4n) is 4.57. The number of rotatable bonds is 5. The molecule has 5 rings (SSSR count). The zero-order chi connectivity index (χ0) is 25.8. The van der Waals surface area contributed by atoms with Crippen molar-refractivity contribution in [3.8, 4) is 5.82 Å². The highest BCUT2D eigenvalue weighted by Crippen LogP contribution is 2.28. The Morgan fingerprint density at radius 1 is 1.17 bits per heavy atom. The first kappa shape index (κ1) is 24.1. The van der Waals surface area contributed by atoms with Gasteiger partial charge in [-0.15, -0.1) is 0 Å². The summed E-state index contributed by atoms with van der Waals surface area (Å²) in [6, 6.07) is 8.15. The van der Waals surface area contributed by atoms with Gasteiger partial charge in [0, 0.05) is 36.6 Å². The average molecular weight is 494 g/mol. The Labute approximate surface area is 207 Å². The molecule has 0 atom stereocenters. The van der Waals surface area contributed by atoms with Crippen LogP contribution in [0.25, 0.3) is 16.9 Å². The van der Waals surface area contributed by atoms with Gasteiger partial charge in [-0.3, -0.25) is 4.79 Å². The highest BCUT2D eigenvalue weighted by molar-refractivity contribution is 5.77. The number of anilines is 2. The summed E-state index contributed by atoms with van der Waals surface area (Å²) in [6.45, 7) is 8.04. The number of likely N-dealkylation sites (N-methyl/N-ethyl adjacent to an activating group) is 1. The molecule has 0 aliphatic carbocycles. The minimum Gasteiger partial charge on any atom is -0.324 e. The zero-order valence-corrected chi connectivity index (χ0v) is 21.0. The number of hydrogen-bond acceptors (Lipinski definition) is 6. The van der Waals surface area contributed by atoms with Crippen LogP contribution < -0.4 is 10.9 Å². The molecule has 0 saturated heterocycles. The molecule has 3 aromatic heterocycles. The van der Waals surface area contributed by atoms with Gasteiger partial charge >= 0.3 is 0 Å². The van der Waals surface area contributed by atoms with E-state index in [2.05, 4.69) is 25.2 Å². The fourth-order valence-corrected chi connectivity index (χ4v) is 4.57. The Kier molecular flexibility index (Phi) is 5.86. The minimum atomic E-state index is -1.66. The maximum Gasteiger partial charge on any atom is 0.278 e. The van der Waals surface area contributed by atoms with Crippen LogP contribution in [0.15, 0.2) is 41.3 Å². The van der Waals surface area contributed by atoms with Crippen LogP contribution in [-0.4, -0.2) is 42.8 Å². The lowest BCUT2D eigenvalue weighted by atomic mass is 9.99. The summed E-state index contributed by atoms with van der Waals surface area (Å²) < 4.78 is 32.6. The van der Waals surface area contributed by atoms with Crippen molar-refractivity contribution in [3.63, 3.8) is 0 Å². The van der Waals surface area contributed by atoms with E-state index in [0.29, 0.717) is 34.6 Å². The number of nitrogens with zero attached hydrogens (tertiary/aromatic N) is 6. The Bertz CT molecular complexity index is 1520. The average Bonchev–Trinajstić information content (AvgIpc) is 3.11. The van der Waals surface area contributed by atoms with Gasteiger partial charge in [-0.2, -0.15) is 4.98 Å². The maximum atomic E-state index is 14.8. The summed E-state index contributed by atoms with van der Waals surface area (Å²) in [5.41, 5.74) is 0.827. The summed E-state index contributed by atoms with van der Waals surface area (Å²) in [5.74, 6) is 0.305. The molecule has 1 N–H and O–H groups in total. The highest BCUT2D eigenvalue weighted by atomic mass is 19.1. The SMILES string of the molecule is CC(C)n1c(=O)c2cnc(Nc3cc(F)c4c(c3)CCN(C)C4)nc2n1-c1cccc(C(C)(C)F)n1. The van der Waals surface area contributed by atoms with Crippen molar-refractivity contribution in [2.45, 2.75) is 52.4 Å². The van der Waals surface area contributed by atoms with Crippen LogP contribution in [0.3, 0.4) is 0 Å². The summed E-state index contributed by atoms with van der Waals surface area (Å²) in [4.78, 5) is 28.7. The van der Waals surface area contributed by atoms with E-state index in [1.165, 1.54) is 30.8 Å². The molecule has 1 aliphatic heterocycles. The van der Waals surface area contributed by atoms with E-state index in [1.807, 2.05) is 27.0 Å². The largest absolute Gasteiger partial charge is 0.324 e. The van der Waals surface area contributed by atoms with Gasteiger partial charge in [0.1, 0.15) is 16.9 Å². The summed E-state index contributed by atoms with van der Waals surface area (Å²) in [6.07, 6.45) is 2.21. The lowest BCUT2D eigenvalue weighted by Gasteiger charge is -2.25. The maximum absolute atomic E-state index is 14.8. The number of alkyl halides is 1. The molecule has 1 aliphatic rings. The van der Waals surface area contributed by atoms with Crippen molar-refractivity contribution in [3.05, 3.63) is 69.5 Å². The van der Waals surface area contributed by atoms with Gasteiger partial charge in [-0.25, -0.2) is 28.1 Å². The Morgan fingerprint density at radius 2 is 1.94 bits per heavy atom. The quantitative estimate of drug-likeness (QED) is 0.437. The molecular formula is C26H29F2N7O. The lowest BCUT2D eigenvalue weighted by Crippen LogP contribution is -2.27. The van der Waals surface area contributed by atoms with E-state index < -0.39 is 5.67 Å². The van der Waals surface area contributed by atoms with Crippen molar-refractivity contribution < 1.29 is 8.78 Å². The standard InChI is InChI=1S/C26H29F2N7O/c1-15(2)34-24(36)18-13-29-25(30-17-11-16-9-10-33(5)14-19(16)20(27)12-17)32-23(18)35(34)22-8-6-7-21(31-22)26(3,4)28/h6-8,11-13,15H,9-10,14H2,1-5H3,(H,29,30,32). The molecule has 1 aromatic carbocycles. The van der Waals surface area contributed by atoms with E-state index in [9.17, 15) is 13.6 Å². The molecule has 36 heavy (non-hydrogen) atoms. The van der Waals surface area contributed by atoms with Crippen molar-refractivity contribution in [2.24, 2.45) is 0 Å². The third-order valence-corrected chi connectivity index (χ3v) is 6.41. The highest BCUT2D eigenvalue weighted by Gasteiger charge is 2.24. The van der Waals surface area contributed by atoms with Crippen LogP contribution in [-0.2, 0) is 18.6 Å². The Balaban J connectivity index is 1.62. The molecule has 4 aromatic rings. The third-order valence-electron chi connectivity index (χ3n) is 6.41. The molecule has 10 heteroatoms. The van der Waals surface area contributed by atoms with Crippen LogP contribution in [0.5, 0.6) is 0 Å². The van der Waals surface area contributed by atoms with Gasteiger partial charge in [-0.05, 0) is 71.0 Å². The van der Waals surface area contributed by atoms with E-state index in [0.717, 1.165) is 18.5 Å². The van der Waals surface area contributed by atoms with Gasteiger partial charge in [0.2, 0.25) is 5.95 Å². The molecule has 188 valence electrons. The second kappa shape index (κ2) is 8.77.